The van der Waals surface area contributed by atoms with Gasteiger partial charge in [0.15, 0.2) is 0 Å². The lowest BCUT2D eigenvalue weighted by Gasteiger charge is -1.99. The molecule has 1 aromatic heterocycles. The van der Waals surface area contributed by atoms with Gasteiger partial charge >= 0.3 is 0 Å². The predicted octanol–water partition coefficient (Wildman–Crippen LogP) is 2.36. The molecule has 0 spiro atoms. The van der Waals surface area contributed by atoms with Crippen molar-refractivity contribution in [1.82, 2.24) is 10.2 Å². The van der Waals surface area contributed by atoms with Crippen LogP contribution in [0.15, 0.2) is 4.42 Å². The number of rotatable bonds is 4. The second-order valence-corrected chi connectivity index (χ2v) is 3.16. The summed E-state index contributed by atoms with van der Waals surface area (Å²) in [6, 6.07) is 0. The monoisotopic (exact) mass is 188 g/mol. The maximum Gasteiger partial charge on any atom is 0.219 e. The van der Waals surface area contributed by atoms with E-state index in [0.29, 0.717) is 24.1 Å². The number of aryl methyl sites for hydroxylation is 1. The number of alkyl halides is 1. The molecule has 0 aliphatic carbocycles. The van der Waals surface area contributed by atoms with Crippen molar-refractivity contribution in [3.05, 3.63) is 11.8 Å². The number of hydrogen-bond donors (Lipinski definition) is 0. The number of halogens is 1. The normalized spacial score (nSPS) is 13.2. The van der Waals surface area contributed by atoms with Gasteiger partial charge in [-0.15, -0.1) is 21.8 Å². The molecule has 0 aromatic carbocycles. The van der Waals surface area contributed by atoms with Crippen LogP contribution in [0.1, 0.15) is 38.0 Å². The lowest BCUT2D eigenvalue weighted by atomic mass is 10.1. The molecule has 0 aliphatic rings. The second-order valence-electron chi connectivity index (χ2n) is 2.78. The molecule has 1 rings (SSSR count). The Balaban J connectivity index is 2.63. The molecule has 0 fully saturated rings. The van der Waals surface area contributed by atoms with Crippen LogP contribution in [-0.4, -0.2) is 16.1 Å². The molecule has 12 heavy (non-hydrogen) atoms. The fourth-order valence-corrected chi connectivity index (χ4v) is 0.984. The maximum absolute atomic E-state index is 5.53. The fraction of sp³-hybridized carbons (Fsp3) is 0.750. The standard InChI is InChI=1S/C8H13ClN2O/c1-3-6(2)8-11-10-7(12-8)4-5-9/h6H,3-5H2,1-2H3. The van der Waals surface area contributed by atoms with Crippen LogP contribution in [0.4, 0.5) is 0 Å². The summed E-state index contributed by atoms with van der Waals surface area (Å²) in [6.07, 6.45) is 1.67. The quantitative estimate of drug-likeness (QED) is 0.681. The first-order chi connectivity index (χ1) is 5.77. The molecular weight excluding hydrogens is 176 g/mol. The van der Waals surface area contributed by atoms with Gasteiger partial charge in [0.1, 0.15) is 0 Å². The smallest absolute Gasteiger partial charge is 0.219 e. The number of hydrogen-bond acceptors (Lipinski definition) is 3. The molecule has 0 saturated heterocycles. The van der Waals surface area contributed by atoms with Gasteiger partial charge in [0.05, 0.1) is 0 Å². The molecule has 0 bridgehead atoms. The zero-order chi connectivity index (χ0) is 8.97. The summed E-state index contributed by atoms with van der Waals surface area (Å²) in [5.74, 6) is 2.24. The van der Waals surface area contributed by atoms with E-state index in [1.807, 2.05) is 0 Å². The average molecular weight is 189 g/mol. The Morgan fingerprint density at radius 3 is 2.83 bits per heavy atom. The Morgan fingerprint density at radius 1 is 1.50 bits per heavy atom. The van der Waals surface area contributed by atoms with Crippen molar-refractivity contribution < 1.29 is 4.42 Å². The lowest BCUT2D eigenvalue weighted by molar-refractivity contribution is 0.423. The first-order valence-corrected chi connectivity index (χ1v) is 4.69. The van der Waals surface area contributed by atoms with Gasteiger partial charge < -0.3 is 4.42 Å². The molecular formula is C8H13ClN2O. The van der Waals surface area contributed by atoms with Crippen molar-refractivity contribution >= 4 is 11.6 Å². The van der Waals surface area contributed by atoms with Crippen LogP contribution in [-0.2, 0) is 6.42 Å². The van der Waals surface area contributed by atoms with Crippen molar-refractivity contribution in [3.8, 4) is 0 Å². The summed E-state index contributed by atoms with van der Waals surface area (Å²) < 4.78 is 5.37. The number of aromatic nitrogens is 2. The van der Waals surface area contributed by atoms with E-state index in [1.54, 1.807) is 0 Å². The van der Waals surface area contributed by atoms with Gasteiger partial charge in [-0.05, 0) is 6.42 Å². The number of nitrogens with zero attached hydrogens (tertiary/aromatic N) is 2. The van der Waals surface area contributed by atoms with Gasteiger partial charge in [0.25, 0.3) is 0 Å². The second kappa shape index (κ2) is 4.45. The Bertz CT molecular complexity index is 237. The van der Waals surface area contributed by atoms with Crippen LogP contribution in [0.25, 0.3) is 0 Å². The largest absolute Gasteiger partial charge is 0.425 e. The average Bonchev–Trinajstić information content (AvgIpc) is 2.52. The third kappa shape index (κ3) is 2.21. The summed E-state index contributed by atoms with van der Waals surface area (Å²) in [7, 11) is 0. The molecule has 1 atom stereocenters. The fourth-order valence-electron chi connectivity index (χ4n) is 0.822. The maximum atomic E-state index is 5.53. The summed E-state index contributed by atoms with van der Waals surface area (Å²) in [4.78, 5) is 0. The topological polar surface area (TPSA) is 38.9 Å². The highest BCUT2D eigenvalue weighted by molar-refractivity contribution is 6.17. The van der Waals surface area contributed by atoms with Gasteiger partial charge in [0, 0.05) is 18.2 Å². The van der Waals surface area contributed by atoms with Crippen LogP contribution in [0.3, 0.4) is 0 Å². The minimum absolute atomic E-state index is 0.349. The molecule has 0 amide bonds. The molecule has 3 nitrogen and oxygen atoms in total. The predicted molar refractivity (Wildman–Crippen MR) is 47.4 cm³/mol. The molecule has 1 aromatic rings. The van der Waals surface area contributed by atoms with E-state index < -0.39 is 0 Å². The van der Waals surface area contributed by atoms with E-state index in [2.05, 4.69) is 24.0 Å². The van der Waals surface area contributed by atoms with Crippen LogP contribution >= 0.6 is 11.6 Å². The molecule has 0 N–H and O–H groups in total. The van der Waals surface area contributed by atoms with Crippen LogP contribution in [0.2, 0.25) is 0 Å². The third-order valence-corrected chi connectivity index (χ3v) is 2.01. The van der Waals surface area contributed by atoms with Gasteiger partial charge in [0.2, 0.25) is 11.8 Å². The van der Waals surface area contributed by atoms with Crippen molar-refractivity contribution in [2.24, 2.45) is 0 Å². The van der Waals surface area contributed by atoms with Gasteiger partial charge in [-0.3, -0.25) is 0 Å². The van der Waals surface area contributed by atoms with E-state index in [4.69, 9.17) is 16.0 Å². The van der Waals surface area contributed by atoms with Gasteiger partial charge in [-0.2, -0.15) is 0 Å². The van der Waals surface area contributed by atoms with Gasteiger partial charge in [-0.1, -0.05) is 13.8 Å². The summed E-state index contributed by atoms with van der Waals surface area (Å²) in [5, 5.41) is 7.80. The zero-order valence-electron chi connectivity index (χ0n) is 7.38. The molecule has 1 heterocycles. The van der Waals surface area contributed by atoms with Crippen LogP contribution in [0, 0.1) is 0 Å². The summed E-state index contributed by atoms with van der Waals surface area (Å²) in [5.41, 5.74) is 0. The highest BCUT2D eigenvalue weighted by atomic mass is 35.5. The van der Waals surface area contributed by atoms with E-state index >= 15 is 0 Å². The molecule has 4 heteroatoms. The van der Waals surface area contributed by atoms with E-state index in [9.17, 15) is 0 Å². The van der Waals surface area contributed by atoms with E-state index in [-0.39, 0.29) is 0 Å². The van der Waals surface area contributed by atoms with Gasteiger partial charge in [-0.25, -0.2) is 0 Å². The minimum Gasteiger partial charge on any atom is -0.425 e. The Kier molecular flexibility index (Phi) is 3.53. The van der Waals surface area contributed by atoms with Crippen LogP contribution in [0.5, 0.6) is 0 Å². The lowest BCUT2D eigenvalue weighted by Crippen LogP contribution is -1.90. The molecule has 0 radical (unpaired) electrons. The highest BCUT2D eigenvalue weighted by Crippen LogP contribution is 2.16. The molecule has 1 unspecified atom stereocenters. The Morgan fingerprint density at radius 2 is 2.25 bits per heavy atom. The van der Waals surface area contributed by atoms with Crippen LogP contribution < -0.4 is 0 Å². The zero-order valence-corrected chi connectivity index (χ0v) is 8.14. The van der Waals surface area contributed by atoms with Crippen molar-refractivity contribution in [2.45, 2.75) is 32.6 Å². The van der Waals surface area contributed by atoms with Crippen molar-refractivity contribution in [2.75, 3.05) is 5.88 Å². The Hall–Kier alpha value is -0.570. The SMILES string of the molecule is CCC(C)c1nnc(CCCl)o1. The molecule has 0 saturated carbocycles. The van der Waals surface area contributed by atoms with E-state index in [0.717, 1.165) is 12.3 Å². The minimum atomic E-state index is 0.349. The summed E-state index contributed by atoms with van der Waals surface area (Å²) >= 11 is 5.53. The first kappa shape index (κ1) is 9.52. The molecule has 68 valence electrons. The Labute approximate surface area is 77.1 Å². The molecule has 0 aliphatic heterocycles. The summed E-state index contributed by atoms with van der Waals surface area (Å²) in [6.45, 7) is 4.16. The third-order valence-electron chi connectivity index (χ3n) is 1.82. The van der Waals surface area contributed by atoms with Crippen molar-refractivity contribution in [1.29, 1.82) is 0 Å². The first-order valence-electron chi connectivity index (χ1n) is 4.16. The highest BCUT2D eigenvalue weighted by Gasteiger charge is 2.10. The van der Waals surface area contributed by atoms with Crippen molar-refractivity contribution in [3.63, 3.8) is 0 Å². The van der Waals surface area contributed by atoms with E-state index in [1.165, 1.54) is 0 Å².